The van der Waals surface area contributed by atoms with Crippen LogP contribution in [0, 0.1) is 18.7 Å². The zero-order valence-corrected chi connectivity index (χ0v) is 14.0. The van der Waals surface area contributed by atoms with Crippen LogP contribution in [-0.4, -0.2) is 46.5 Å². The summed E-state index contributed by atoms with van der Waals surface area (Å²) in [6.07, 6.45) is 1.63. The van der Waals surface area contributed by atoms with Crippen molar-refractivity contribution >= 4 is 10.0 Å². The Labute approximate surface area is 131 Å². The first-order chi connectivity index (χ1) is 10.4. The highest BCUT2D eigenvalue weighted by molar-refractivity contribution is 7.89. The number of halogens is 1. The molecule has 0 spiro atoms. The maximum atomic E-state index is 14.1. The molecule has 0 unspecified atom stereocenters. The number of benzene rings is 1. The predicted octanol–water partition coefficient (Wildman–Crippen LogP) is 1.76. The van der Waals surface area contributed by atoms with Crippen molar-refractivity contribution in [3.8, 4) is 5.75 Å². The van der Waals surface area contributed by atoms with Crippen LogP contribution < -0.4 is 10.1 Å². The minimum atomic E-state index is -3.66. The highest BCUT2D eigenvalue weighted by Crippen LogP contribution is 2.30. The van der Waals surface area contributed by atoms with Crippen LogP contribution in [0.2, 0.25) is 0 Å². The van der Waals surface area contributed by atoms with Gasteiger partial charge in [-0.1, -0.05) is 0 Å². The van der Waals surface area contributed by atoms with Gasteiger partial charge in [-0.15, -0.1) is 0 Å². The maximum absolute atomic E-state index is 14.1. The zero-order valence-electron chi connectivity index (χ0n) is 13.2. The van der Waals surface area contributed by atoms with Crippen molar-refractivity contribution < 1.29 is 17.5 Å². The third-order valence-electron chi connectivity index (χ3n) is 4.21. The lowest BCUT2D eigenvalue weighted by molar-refractivity contribution is 0.270. The van der Waals surface area contributed by atoms with Gasteiger partial charge in [-0.05, 0) is 51.4 Å². The molecular formula is C15H23FN2O3S. The number of nitrogens with one attached hydrogen (secondary N) is 1. The Morgan fingerprint density at radius 3 is 2.55 bits per heavy atom. The Morgan fingerprint density at radius 1 is 1.36 bits per heavy atom. The SMILES string of the molecule is CNCC1CCN(S(=O)(=O)c2ccc(OC)c(F)c2C)CC1. The minimum absolute atomic E-state index is 0.0258. The van der Waals surface area contributed by atoms with Crippen molar-refractivity contribution in [2.75, 3.05) is 33.8 Å². The third kappa shape index (κ3) is 3.26. The summed E-state index contributed by atoms with van der Waals surface area (Å²) in [6, 6.07) is 2.79. The van der Waals surface area contributed by atoms with E-state index in [1.54, 1.807) is 0 Å². The number of methoxy groups -OCH3 is 1. The van der Waals surface area contributed by atoms with Crippen molar-refractivity contribution in [2.24, 2.45) is 5.92 Å². The molecule has 0 aliphatic carbocycles. The van der Waals surface area contributed by atoms with Crippen LogP contribution in [0.25, 0.3) is 0 Å². The third-order valence-corrected chi connectivity index (χ3v) is 6.25. The van der Waals surface area contributed by atoms with E-state index in [1.165, 1.54) is 30.5 Å². The smallest absolute Gasteiger partial charge is 0.243 e. The Morgan fingerprint density at radius 2 is 2.00 bits per heavy atom. The van der Waals surface area contributed by atoms with Crippen molar-refractivity contribution in [3.63, 3.8) is 0 Å². The first-order valence-corrected chi connectivity index (χ1v) is 8.83. The Balaban J connectivity index is 2.23. The molecule has 1 N–H and O–H groups in total. The summed E-state index contributed by atoms with van der Waals surface area (Å²) in [5.74, 6) is -0.0667. The minimum Gasteiger partial charge on any atom is -0.494 e. The molecule has 0 aromatic heterocycles. The van der Waals surface area contributed by atoms with Crippen LogP contribution in [0.15, 0.2) is 17.0 Å². The molecule has 1 heterocycles. The summed E-state index contributed by atoms with van der Waals surface area (Å²) in [5, 5.41) is 3.12. The molecule has 0 bridgehead atoms. The standard InChI is InChI=1S/C15H23FN2O3S/c1-11-14(5-4-13(21-3)15(11)16)22(19,20)18-8-6-12(7-9-18)10-17-2/h4-5,12,17H,6-10H2,1-3H3. The van der Waals surface area contributed by atoms with Crippen LogP contribution in [0.5, 0.6) is 5.75 Å². The summed E-state index contributed by atoms with van der Waals surface area (Å²) in [5.41, 5.74) is 0.108. The molecule has 0 saturated carbocycles. The van der Waals surface area contributed by atoms with E-state index in [-0.39, 0.29) is 16.2 Å². The van der Waals surface area contributed by atoms with Gasteiger partial charge in [0.05, 0.1) is 12.0 Å². The number of nitrogens with zero attached hydrogens (tertiary/aromatic N) is 1. The van der Waals surface area contributed by atoms with Gasteiger partial charge in [-0.2, -0.15) is 4.31 Å². The lowest BCUT2D eigenvalue weighted by atomic mass is 9.98. The van der Waals surface area contributed by atoms with Crippen LogP contribution in [-0.2, 0) is 10.0 Å². The zero-order chi connectivity index (χ0) is 16.3. The predicted molar refractivity (Wildman–Crippen MR) is 83.1 cm³/mol. The lowest BCUT2D eigenvalue weighted by Gasteiger charge is -2.31. The number of piperidine rings is 1. The molecule has 0 radical (unpaired) electrons. The van der Waals surface area contributed by atoms with Gasteiger partial charge in [0.1, 0.15) is 0 Å². The molecule has 1 saturated heterocycles. The van der Waals surface area contributed by atoms with E-state index in [2.05, 4.69) is 5.32 Å². The summed E-state index contributed by atoms with van der Waals surface area (Å²) >= 11 is 0. The van der Waals surface area contributed by atoms with Crippen molar-refractivity contribution in [1.29, 1.82) is 0 Å². The van der Waals surface area contributed by atoms with Crippen LogP contribution in [0.3, 0.4) is 0 Å². The number of hydrogen-bond acceptors (Lipinski definition) is 4. The Bertz CT molecular complexity index is 626. The fraction of sp³-hybridized carbons (Fsp3) is 0.600. The Kier molecular flexibility index (Phi) is 5.41. The molecule has 1 aliphatic heterocycles. The largest absolute Gasteiger partial charge is 0.494 e. The molecule has 7 heteroatoms. The summed E-state index contributed by atoms with van der Waals surface area (Å²) < 4.78 is 45.9. The van der Waals surface area contributed by atoms with Crippen molar-refractivity contribution in [2.45, 2.75) is 24.7 Å². The average molecular weight is 330 g/mol. The van der Waals surface area contributed by atoms with Crippen LogP contribution >= 0.6 is 0 Å². The Hall–Kier alpha value is -1.18. The van der Waals surface area contributed by atoms with Gasteiger partial charge in [-0.3, -0.25) is 0 Å². The lowest BCUT2D eigenvalue weighted by Crippen LogP contribution is -2.40. The normalized spacial score (nSPS) is 17.6. The quantitative estimate of drug-likeness (QED) is 0.894. The number of ether oxygens (including phenoxy) is 1. The van der Waals surface area contributed by atoms with E-state index in [1.807, 2.05) is 7.05 Å². The van der Waals surface area contributed by atoms with Gasteiger partial charge < -0.3 is 10.1 Å². The highest BCUT2D eigenvalue weighted by Gasteiger charge is 2.31. The molecule has 1 aromatic carbocycles. The fourth-order valence-corrected chi connectivity index (χ4v) is 4.55. The molecule has 0 amide bonds. The molecule has 5 nitrogen and oxygen atoms in total. The van der Waals surface area contributed by atoms with Crippen molar-refractivity contribution in [3.05, 3.63) is 23.5 Å². The number of rotatable bonds is 5. The summed E-state index contributed by atoms with van der Waals surface area (Å²) in [6.45, 7) is 3.31. The summed E-state index contributed by atoms with van der Waals surface area (Å²) in [7, 11) is -0.406. The fourth-order valence-electron chi connectivity index (χ4n) is 2.86. The second kappa shape index (κ2) is 6.93. The van der Waals surface area contributed by atoms with Crippen molar-refractivity contribution in [1.82, 2.24) is 9.62 Å². The van der Waals surface area contributed by atoms with Gasteiger partial charge in [0.15, 0.2) is 11.6 Å². The maximum Gasteiger partial charge on any atom is 0.243 e. The van der Waals surface area contributed by atoms with Crippen LogP contribution in [0.1, 0.15) is 18.4 Å². The molecular weight excluding hydrogens is 307 g/mol. The topological polar surface area (TPSA) is 58.6 Å². The molecule has 124 valence electrons. The molecule has 1 fully saturated rings. The van der Waals surface area contributed by atoms with Gasteiger partial charge in [0.25, 0.3) is 0 Å². The van der Waals surface area contributed by atoms with Crippen LogP contribution in [0.4, 0.5) is 4.39 Å². The molecule has 2 rings (SSSR count). The molecule has 22 heavy (non-hydrogen) atoms. The highest BCUT2D eigenvalue weighted by atomic mass is 32.2. The van der Waals surface area contributed by atoms with Gasteiger partial charge >= 0.3 is 0 Å². The van der Waals surface area contributed by atoms with E-state index in [4.69, 9.17) is 4.74 Å². The monoisotopic (exact) mass is 330 g/mol. The van der Waals surface area contributed by atoms with E-state index in [9.17, 15) is 12.8 Å². The molecule has 1 aromatic rings. The second-order valence-corrected chi connectivity index (χ2v) is 7.52. The van der Waals surface area contributed by atoms with E-state index >= 15 is 0 Å². The van der Waals surface area contributed by atoms with Gasteiger partial charge in [0.2, 0.25) is 10.0 Å². The average Bonchev–Trinajstić information content (AvgIpc) is 2.50. The first kappa shape index (κ1) is 17.2. The van der Waals surface area contributed by atoms with E-state index < -0.39 is 15.8 Å². The van der Waals surface area contributed by atoms with E-state index in [0.29, 0.717) is 19.0 Å². The van der Waals surface area contributed by atoms with E-state index in [0.717, 1.165) is 19.4 Å². The van der Waals surface area contributed by atoms with Gasteiger partial charge in [0, 0.05) is 18.7 Å². The summed E-state index contributed by atoms with van der Waals surface area (Å²) in [4.78, 5) is 0.0258. The molecule has 1 aliphatic rings. The first-order valence-electron chi connectivity index (χ1n) is 7.39. The number of sulfonamides is 1. The van der Waals surface area contributed by atoms with Gasteiger partial charge in [-0.25, -0.2) is 12.8 Å². The second-order valence-electron chi connectivity index (χ2n) is 5.61. The number of hydrogen-bond donors (Lipinski definition) is 1. The molecule has 0 atom stereocenters.